The summed E-state index contributed by atoms with van der Waals surface area (Å²) < 4.78 is 0. The van der Waals surface area contributed by atoms with E-state index in [1.54, 1.807) is 0 Å². The fraction of sp³-hybridized carbons (Fsp3) is 0.900. The maximum absolute atomic E-state index is 11.4. The quantitative estimate of drug-likeness (QED) is 0.481. The molecule has 0 aromatic heterocycles. The molecule has 1 aliphatic carbocycles. The zero-order valence-electron chi connectivity index (χ0n) is 7.68. The average Bonchev–Trinajstić information content (AvgIpc) is 2.28. The molecule has 1 fully saturated rings. The van der Waals surface area contributed by atoms with Crippen LogP contribution in [0.3, 0.4) is 0 Å². The lowest BCUT2D eigenvalue weighted by atomic mass is 9.94. The van der Waals surface area contributed by atoms with Crippen molar-refractivity contribution >= 4 is 17.4 Å². The van der Waals surface area contributed by atoms with Crippen LogP contribution in [0, 0.1) is 5.92 Å². The summed E-state index contributed by atoms with van der Waals surface area (Å²) >= 11 is 6.14. The fourth-order valence-electron chi connectivity index (χ4n) is 1.89. The van der Waals surface area contributed by atoms with E-state index in [9.17, 15) is 4.79 Å². The smallest absolute Gasteiger partial charge is 0.137 e. The van der Waals surface area contributed by atoms with Gasteiger partial charge in [0, 0.05) is 17.7 Å². The number of halogens is 1. The van der Waals surface area contributed by atoms with Gasteiger partial charge in [-0.05, 0) is 12.8 Å². The third-order valence-electron chi connectivity index (χ3n) is 2.69. The molecule has 0 amide bonds. The number of hydrogen-bond donors (Lipinski definition) is 0. The van der Waals surface area contributed by atoms with Crippen LogP contribution in [0.5, 0.6) is 0 Å². The van der Waals surface area contributed by atoms with Crippen LogP contribution in [0.4, 0.5) is 0 Å². The third-order valence-corrected chi connectivity index (χ3v) is 3.22. The van der Waals surface area contributed by atoms with Crippen LogP contribution < -0.4 is 0 Å². The van der Waals surface area contributed by atoms with E-state index in [0.29, 0.717) is 12.2 Å². The highest BCUT2D eigenvalue weighted by Gasteiger charge is 2.26. The predicted molar refractivity (Wildman–Crippen MR) is 51.5 cm³/mol. The van der Waals surface area contributed by atoms with Crippen molar-refractivity contribution in [2.75, 3.05) is 0 Å². The van der Waals surface area contributed by atoms with Crippen LogP contribution in [0.2, 0.25) is 0 Å². The van der Waals surface area contributed by atoms with E-state index in [1.807, 2.05) is 6.92 Å². The summed E-state index contributed by atoms with van der Waals surface area (Å²) in [6.07, 6.45) is 6.31. The molecule has 2 heteroatoms. The number of alkyl halides is 1. The molecule has 0 aliphatic heterocycles. The average molecular weight is 189 g/mol. The topological polar surface area (TPSA) is 17.1 Å². The SMILES string of the molecule is CCC(=O)[C@H]1CCCCC[C@@H]1Cl. The molecule has 0 spiro atoms. The maximum atomic E-state index is 11.4. The van der Waals surface area contributed by atoms with Crippen molar-refractivity contribution in [3.05, 3.63) is 0 Å². The molecule has 0 radical (unpaired) electrons. The van der Waals surface area contributed by atoms with Gasteiger partial charge in [-0.1, -0.05) is 26.2 Å². The molecule has 0 saturated heterocycles. The van der Waals surface area contributed by atoms with Crippen LogP contribution in [0.15, 0.2) is 0 Å². The van der Waals surface area contributed by atoms with Gasteiger partial charge in [0.1, 0.15) is 5.78 Å². The zero-order chi connectivity index (χ0) is 8.97. The van der Waals surface area contributed by atoms with E-state index in [-0.39, 0.29) is 11.3 Å². The van der Waals surface area contributed by atoms with Crippen LogP contribution in [-0.2, 0) is 4.79 Å². The van der Waals surface area contributed by atoms with E-state index in [2.05, 4.69) is 0 Å². The number of carbonyl (C=O) groups excluding carboxylic acids is 1. The minimum absolute atomic E-state index is 0.111. The molecule has 1 saturated carbocycles. The normalized spacial score (nSPS) is 31.2. The first kappa shape index (κ1) is 10.0. The summed E-state index contributed by atoms with van der Waals surface area (Å²) in [5.74, 6) is 0.510. The molecule has 70 valence electrons. The van der Waals surface area contributed by atoms with Crippen LogP contribution in [-0.4, -0.2) is 11.2 Å². The van der Waals surface area contributed by atoms with Crippen LogP contribution in [0.1, 0.15) is 45.4 Å². The summed E-state index contributed by atoms with van der Waals surface area (Å²) in [4.78, 5) is 11.4. The summed E-state index contributed by atoms with van der Waals surface area (Å²) in [6, 6.07) is 0. The Balaban J connectivity index is 2.52. The van der Waals surface area contributed by atoms with Crippen molar-refractivity contribution in [1.82, 2.24) is 0 Å². The van der Waals surface area contributed by atoms with Gasteiger partial charge >= 0.3 is 0 Å². The zero-order valence-corrected chi connectivity index (χ0v) is 8.44. The highest BCUT2D eigenvalue weighted by molar-refractivity contribution is 6.22. The molecule has 1 aliphatic rings. The van der Waals surface area contributed by atoms with Gasteiger partial charge in [0.25, 0.3) is 0 Å². The Bertz CT molecular complexity index is 156. The van der Waals surface area contributed by atoms with Gasteiger partial charge in [-0.25, -0.2) is 0 Å². The van der Waals surface area contributed by atoms with Gasteiger partial charge in [0.2, 0.25) is 0 Å². The number of Topliss-reactive ketones (excluding diaryl/α,β-unsaturated/α-hetero) is 1. The Morgan fingerprint density at radius 2 is 2.00 bits per heavy atom. The maximum Gasteiger partial charge on any atom is 0.137 e. The van der Waals surface area contributed by atoms with E-state index in [4.69, 9.17) is 11.6 Å². The number of rotatable bonds is 2. The lowest BCUT2D eigenvalue weighted by molar-refractivity contribution is -0.122. The Morgan fingerprint density at radius 1 is 1.33 bits per heavy atom. The van der Waals surface area contributed by atoms with E-state index in [1.165, 1.54) is 19.3 Å². The minimum Gasteiger partial charge on any atom is -0.299 e. The first-order valence-corrected chi connectivity index (χ1v) is 5.36. The molecule has 2 atom stereocenters. The largest absolute Gasteiger partial charge is 0.299 e. The monoisotopic (exact) mass is 188 g/mol. The number of hydrogen-bond acceptors (Lipinski definition) is 1. The van der Waals surface area contributed by atoms with Crippen LogP contribution >= 0.6 is 11.6 Å². The van der Waals surface area contributed by atoms with Gasteiger partial charge in [-0.2, -0.15) is 0 Å². The second-order valence-electron chi connectivity index (χ2n) is 3.58. The van der Waals surface area contributed by atoms with Gasteiger partial charge in [-0.3, -0.25) is 4.79 Å². The molecule has 0 aromatic carbocycles. The molecular formula is C10H17ClO. The Hall–Kier alpha value is -0.0400. The summed E-state index contributed by atoms with van der Waals surface area (Å²) in [5, 5.41) is 0.111. The van der Waals surface area contributed by atoms with Crippen molar-refractivity contribution in [1.29, 1.82) is 0 Å². The van der Waals surface area contributed by atoms with Gasteiger partial charge in [0.15, 0.2) is 0 Å². The lowest BCUT2D eigenvalue weighted by Gasteiger charge is -2.16. The molecule has 0 aromatic rings. The highest BCUT2D eigenvalue weighted by Crippen LogP contribution is 2.28. The van der Waals surface area contributed by atoms with Crippen molar-refractivity contribution < 1.29 is 4.79 Å². The Labute approximate surface area is 79.5 Å². The third kappa shape index (κ3) is 2.48. The van der Waals surface area contributed by atoms with Crippen molar-refractivity contribution in [3.63, 3.8) is 0 Å². The standard InChI is InChI=1S/C10H17ClO/c1-2-10(12)8-6-4-3-5-7-9(8)11/h8-9H,2-7H2,1H3/t8-,9-/m0/s1. The summed E-state index contributed by atoms with van der Waals surface area (Å²) in [5.41, 5.74) is 0. The fourth-order valence-corrected chi connectivity index (χ4v) is 2.31. The van der Waals surface area contributed by atoms with Crippen LogP contribution in [0.25, 0.3) is 0 Å². The summed E-state index contributed by atoms with van der Waals surface area (Å²) in [6.45, 7) is 1.93. The molecule has 0 unspecified atom stereocenters. The van der Waals surface area contributed by atoms with Crippen molar-refractivity contribution in [2.45, 2.75) is 50.8 Å². The second-order valence-corrected chi connectivity index (χ2v) is 4.14. The first-order chi connectivity index (χ1) is 5.75. The van der Waals surface area contributed by atoms with E-state index in [0.717, 1.165) is 12.8 Å². The van der Waals surface area contributed by atoms with Crippen molar-refractivity contribution in [3.8, 4) is 0 Å². The Kier molecular flexibility index (Phi) is 4.07. The lowest BCUT2D eigenvalue weighted by Crippen LogP contribution is -2.22. The Morgan fingerprint density at radius 3 is 2.67 bits per heavy atom. The molecule has 12 heavy (non-hydrogen) atoms. The van der Waals surface area contributed by atoms with Gasteiger partial charge in [-0.15, -0.1) is 11.6 Å². The minimum atomic E-state index is 0.111. The number of carbonyl (C=O) groups is 1. The van der Waals surface area contributed by atoms with Gasteiger partial charge in [0.05, 0.1) is 0 Å². The molecule has 0 bridgehead atoms. The van der Waals surface area contributed by atoms with Crippen molar-refractivity contribution in [2.24, 2.45) is 5.92 Å². The van der Waals surface area contributed by atoms with Gasteiger partial charge < -0.3 is 0 Å². The predicted octanol–water partition coefficient (Wildman–Crippen LogP) is 3.15. The van der Waals surface area contributed by atoms with E-state index >= 15 is 0 Å². The molecular weight excluding hydrogens is 172 g/mol. The first-order valence-electron chi connectivity index (χ1n) is 4.92. The molecule has 1 nitrogen and oxygen atoms in total. The highest BCUT2D eigenvalue weighted by atomic mass is 35.5. The summed E-state index contributed by atoms with van der Waals surface area (Å²) in [7, 11) is 0. The second kappa shape index (κ2) is 4.86. The molecule has 0 heterocycles. The van der Waals surface area contributed by atoms with E-state index < -0.39 is 0 Å². The molecule has 0 N–H and O–H groups in total. The molecule has 1 rings (SSSR count). The number of ketones is 1.